The van der Waals surface area contributed by atoms with E-state index in [0.29, 0.717) is 25.3 Å². The van der Waals surface area contributed by atoms with Crippen LogP contribution in [0.2, 0.25) is 0 Å². The standard InChI is InChI=1S/C17H20FNO2/c1-13-3-4-14(11-17(13)18)12-19-9-10-21-16-7-5-15(20-2)6-8-16/h3-8,11,19H,9-10,12H2,1-2H3. The molecular weight excluding hydrogens is 269 g/mol. The number of halogens is 1. The van der Waals surface area contributed by atoms with Gasteiger partial charge in [-0.25, -0.2) is 4.39 Å². The highest BCUT2D eigenvalue weighted by molar-refractivity contribution is 5.31. The van der Waals surface area contributed by atoms with E-state index in [1.165, 1.54) is 0 Å². The molecule has 0 saturated carbocycles. The van der Waals surface area contributed by atoms with Crippen molar-refractivity contribution in [1.82, 2.24) is 5.32 Å². The van der Waals surface area contributed by atoms with Crippen molar-refractivity contribution in [1.29, 1.82) is 0 Å². The van der Waals surface area contributed by atoms with Gasteiger partial charge in [0.1, 0.15) is 23.9 Å². The van der Waals surface area contributed by atoms with Crippen LogP contribution in [0.5, 0.6) is 11.5 Å². The van der Waals surface area contributed by atoms with E-state index in [1.54, 1.807) is 26.2 Å². The first-order valence-corrected chi connectivity index (χ1v) is 6.91. The monoisotopic (exact) mass is 289 g/mol. The van der Waals surface area contributed by atoms with Gasteiger partial charge in [-0.05, 0) is 48.4 Å². The molecular formula is C17H20FNO2. The maximum Gasteiger partial charge on any atom is 0.126 e. The van der Waals surface area contributed by atoms with Crippen molar-refractivity contribution in [3.63, 3.8) is 0 Å². The third kappa shape index (κ3) is 4.76. The summed E-state index contributed by atoms with van der Waals surface area (Å²) in [6, 6.07) is 12.7. The van der Waals surface area contributed by atoms with Gasteiger partial charge in [-0.1, -0.05) is 12.1 Å². The van der Waals surface area contributed by atoms with Crippen LogP contribution in [0.25, 0.3) is 0 Å². The summed E-state index contributed by atoms with van der Waals surface area (Å²) in [4.78, 5) is 0. The fraction of sp³-hybridized carbons (Fsp3) is 0.294. The second-order valence-electron chi connectivity index (χ2n) is 4.78. The van der Waals surface area contributed by atoms with Gasteiger partial charge in [0.15, 0.2) is 0 Å². The number of ether oxygens (including phenoxy) is 2. The molecule has 0 aliphatic heterocycles. The molecule has 2 rings (SSSR count). The first-order chi connectivity index (χ1) is 10.2. The first kappa shape index (κ1) is 15.3. The third-order valence-corrected chi connectivity index (χ3v) is 3.17. The summed E-state index contributed by atoms with van der Waals surface area (Å²) in [6.07, 6.45) is 0. The Hall–Kier alpha value is -2.07. The maximum absolute atomic E-state index is 13.4. The van der Waals surface area contributed by atoms with Crippen LogP contribution in [-0.2, 0) is 6.54 Å². The SMILES string of the molecule is COc1ccc(OCCNCc2ccc(C)c(F)c2)cc1. The van der Waals surface area contributed by atoms with Crippen molar-refractivity contribution < 1.29 is 13.9 Å². The number of hydrogen-bond acceptors (Lipinski definition) is 3. The molecule has 112 valence electrons. The Morgan fingerprint density at radius 2 is 1.76 bits per heavy atom. The lowest BCUT2D eigenvalue weighted by Crippen LogP contribution is -2.20. The number of benzene rings is 2. The molecule has 2 aromatic carbocycles. The Labute approximate surface area is 124 Å². The molecule has 0 bridgehead atoms. The van der Waals surface area contributed by atoms with E-state index in [0.717, 1.165) is 17.1 Å². The second-order valence-corrected chi connectivity index (χ2v) is 4.78. The van der Waals surface area contributed by atoms with Crippen molar-refractivity contribution in [2.75, 3.05) is 20.3 Å². The molecule has 0 radical (unpaired) electrons. The highest BCUT2D eigenvalue weighted by atomic mass is 19.1. The van der Waals surface area contributed by atoms with E-state index >= 15 is 0 Å². The number of rotatable bonds is 7. The smallest absolute Gasteiger partial charge is 0.126 e. The van der Waals surface area contributed by atoms with Gasteiger partial charge in [-0.15, -0.1) is 0 Å². The Morgan fingerprint density at radius 3 is 2.43 bits per heavy atom. The molecule has 0 aromatic heterocycles. The largest absolute Gasteiger partial charge is 0.497 e. The number of methoxy groups -OCH3 is 1. The molecule has 3 nitrogen and oxygen atoms in total. The maximum atomic E-state index is 13.4. The summed E-state index contributed by atoms with van der Waals surface area (Å²) in [5.41, 5.74) is 1.60. The summed E-state index contributed by atoms with van der Waals surface area (Å²) in [7, 11) is 1.63. The molecule has 4 heteroatoms. The minimum atomic E-state index is -0.163. The summed E-state index contributed by atoms with van der Waals surface area (Å²) in [6.45, 7) is 3.64. The average Bonchev–Trinajstić information content (AvgIpc) is 2.51. The van der Waals surface area contributed by atoms with Gasteiger partial charge in [-0.2, -0.15) is 0 Å². The molecule has 0 heterocycles. The predicted molar refractivity (Wildman–Crippen MR) is 81.3 cm³/mol. The van der Waals surface area contributed by atoms with Crippen LogP contribution in [0.15, 0.2) is 42.5 Å². The fourth-order valence-electron chi connectivity index (χ4n) is 1.89. The number of hydrogen-bond donors (Lipinski definition) is 1. The zero-order valence-electron chi connectivity index (χ0n) is 12.4. The zero-order valence-corrected chi connectivity index (χ0v) is 12.4. The van der Waals surface area contributed by atoms with Crippen LogP contribution in [0.1, 0.15) is 11.1 Å². The molecule has 0 atom stereocenters. The van der Waals surface area contributed by atoms with Gasteiger partial charge in [-0.3, -0.25) is 0 Å². The Bertz CT molecular complexity index is 570. The van der Waals surface area contributed by atoms with E-state index in [2.05, 4.69) is 5.32 Å². The molecule has 0 unspecified atom stereocenters. The molecule has 0 saturated heterocycles. The third-order valence-electron chi connectivity index (χ3n) is 3.17. The summed E-state index contributed by atoms with van der Waals surface area (Å²) in [5.74, 6) is 1.45. The molecule has 21 heavy (non-hydrogen) atoms. The van der Waals surface area contributed by atoms with Crippen LogP contribution < -0.4 is 14.8 Å². The molecule has 2 aromatic rings. The van der Waals surface area contributed by atoms with Crippen LogP contribution in [0.4, 0.5) is 4.39 Å². The van der Waals surface area contributed by atoms with E-state index < -0.39 is 0 Å². The second kappa shape index (κ2) is 7.64. The summed E-state index contributed by atoms with van der Waals surface area (Å²) in [5, 5.41) is 3.22. The summed E-state index contributed by atoms with van der Waals surface area (Å²) >= 11 is 0. The van der Waals surface area contributed by atoms with Gasteiger partial charge in [0.25, 0.3) is 0 Å². The van der Waals surface area contributed by atoms with E-state index in [-0.39, 0.29) is 5.82 Å². The lowest BCUT2D eigenvalue weighted by molar-refractivity contribution is 0.313. The van der Waals surface area contributed by atoms with Gasteiger partial charge < -0.3 is 14.8 Å². The van der Waals surface area contributed by atoms with E-state index in [4.69, 9.17) is 9.47 Å². The normalized spacial score (nSPS) is 10.4. The minimum Gasteiger partial charge on any atom is -0.497 e. The van der Waals surface area contributed by atoms with Gasteiger partial charge in [0.05, 0.1) is 7.11 Å². The van der Waals surface area contributed by atoms with Crippen molar-refractivity contribution in [3.8, 4) is 11.5 Å². The highest BCUT2D eigenvalue weighted by Crippen LogP contribution is 2.16. The van der Waals surface area contributed by atoms with E-state index in [9.17, 15) is 4.39 Å². The Kier molecular flexibility index (Phi) is 5.58. The highest BCUT2D eigenvalue weighted by Gasteiger charge is 1.99. The molecule has 0 amide bonds. The van der Waals surface area contributed by atoms with Gasteiger partial charge in [0, 0.05) is 13.1 Å². The van der Waals surface area contributed by atoms with Crippen LogP contribution in [-0.4, -0.2) is 20.3 Å². The minimum absolute atomic E-state index is 0.163. The van der Waals surface area contributed by atoms with Crippen LogP contribution in [0.3, 0.4) is 0 Å². The summed E-state index contributed by atoms with van der Waals surface area (Å²) < 4.78 is 24.0. The first-order valence-electron chi connectivity index (χ1n) is 6.91. The van der Waals surface area contributed by atoms with Crippen molar-refractivity contribution in [2.24, 2.45) is 0 Å². The Balaban J connectivity index is 1.68. The van der Waals surface area contributed by atoms with Crippen molar-refractivity contribution in [3.05, 3.63) is 59.4 Å². The Morgan fingerprint density at radius 1 is 1.05 bits per heavy atom. The predicted octanol–water partition coefficient (Wildman–Crippen LogP) is 3.31. The van der Waals surface area contributed by atoms with Crippen molar-refractivity contribution in [2.45, 2.75) is 13.5 Å². The lowest BCUT2D eigenvalue weighted by Gasteiger charge is -2.09. The van der Waals surface area contributed by atoms with Gasteiger partial charge >= 0.3 is 0 Å². The molecule has 0 aliphatic rings. The van der Waals surface area contributed by atoms with Crippen molar-refractivity contribution >= 4 is 0 Å². The van der Waals surface area contributed by atoms with E-state index in [1.807, 2.05) is 30.3 Å². The number of aryl methyl sites for hydroxylation is 1. The van der Waals surface area contributed by atoms with Gasteiger partial charge in [0.2, 0.25) is 0 Å². The number of nitrogens with one attached hydrogen (secondary N) is 1. The fourth-order valence-corrected chi connectivity index (χ4v) is 1.89. The average molecular weight is 289 g/mol. The molecule has 0 spiro atoms. The lowest BCUT2D eigenvalue weighted by atomic mass is 10.1. The quantitative estimate of drug-likeness (QED) is 0.793. The van der Waals surface area contributed by atoms with Crippen LogP contribution >= 0.6 is 0 Å². The van der Waals surface area contributed by atoms with Crippen LogP contribution in [0, 0.1) is 12.7 Å². The topological polar surface area (TPSA) is 30.5 Å². The molecule has 1 N–H and O–H groups in total. The zero-order chi connectivity index (χ0) is 15.1. The molecule has 0 fully saturated rings. The molecule has 0 aliphatic carbocycles.